The highest BCUT2D eigenvalue weighted by molar-refractivity contribution is 8.04. The molecule has 3 unspecified atom stereocenters. The fourth-order valence-corrected chi connectivity index (χ4v) is 11.8. The molecule has 51 heavy (non-hydrogen) atoms. The van der Waals surface area contributed by atoms with Gasteiger partial charge in [-0.15, -0.1) is 23.5 Å². The fourth-order valence-electron chi connectivity index (χ4n) is 9.06. The lowest BCUT2D eigenvalue weighted by molar-refractivity contribution is -0.384. The fraction of sp³-hybridized carbons (Fsp3) is 0.639. The molecule has 6 aliphatic rings. The number of carbonyl (C=O) groups excluding carboxylic acids is 3. The van der Waals surface area contributed by atoms with Crippen molar-refractivity contribution in [2.24, 2.45) is 29.6 Å². The number of ether oxygens (including phenoxy) is 1. The molecule has 0 bridgehead atoms. The number of esters is 1. The number of nitrogens with one attached hydrogen (secondary N) is 2. The van der Waals surface area contributed by atoms with E-state index in [1.54, 1.807) is 23.5 Å². The van der Waals surface area contributed by atoms with Gasteiger partial charge in [-0.25, -0.2) is 4.79 Å². The van der Waals surface area contributed by atoms with E-state index < -0.39 is 29.2 Å². The van der Waals surface area contributed by atoms with E-state index in [-0.39, 0.29) is 81.4 Å². The summed E-state index contributed by atoms with van der Waals surface area (Å²) in [5, 5.41) is 41.8. The van der Waals surface area contributed by atoms with Crippen LogP contribution in [0.4, 0.5) is 5.69 Å². The Bertz CT molecular complexity index is 1620. The molecule has 0 spiro atoms. The first-order chi connectivity index (χ1) is 24.4. The number of hydrogen-bond acceptors (Lipinski definition) is 12. The Hall–Kier alpha value is -2.95. The van der Waals surface area contributed by atoms with E-state index in [1.807, 2.05) is 29.1 Å². The SMILES string of the molecule is CC[C@H]1C(=O)N2C=C(S[C@@H]3CN[C@H](C(O)C(C(O)OC(=O)c4ccc([N+](=O)[O-])cc4)[C@@H]4C[C@H](SC5=CN6C(=O)[C@H](CC)[C@H]6[C@H]5C)CN4)C3)[C@H](C)[C@H]12. The zero-order chi connectivity index (χ0) is 36.3. The molecule has 2 amide bonds. The Morgan fingerprint density at radius 1 is 0.902 bits per heavy atom. The monoisotopic (exact) mass is 741 g/mol. The lowest BCUT2D eigenvalue weighted by Crippen LogP contribution is -2.57. The minimum absolute atomic E-state index is 0.0512. The molecule has 15 heteroatoms. The molecule has 4 saturated heterocycles. The van der Waals surface area contributed by atoms with Crippen molar-refractivity contribution in [2.75, 3.05) is 13.1 Å². The Morgan fingerprint density at radius 3 is 1.88 bits per heavy atom. The molecule has 13 atom stereocenters. The van der Waals surface area contributed by atoms with Crippen LogP contribution in [-0.4, -0.2) is 103 Å². The lowest BCUT2D eigenvalue weighted by atomic mass is 9.81. The molecule has 1 aromatic rings. The molecule has 0 aromatic heterocycles. The number of thioether (sulfide) groups is 2. The largest absolute Gasteiger partial charge is 0.432 e. The van der Waals surface area contributed by atoms with Gasteiger partial charge in [0.05, 0.1) is 46.4 Å². The van der Waals surface area contributed by atoms with Gasteiger partial charge in [-0.05, 0) is 37.8 Å². The number of aliphatic hydroxyl groups is 2. The number of β-lactam (4-membered cyclic amide) rings is 2. The summed E-state index contributed by atoms with van der Waals surface area (Å²) in [6.45, 7) is 9.68. The van der Waals surface area contributed by atoms with Gasteiger partial charge in [-0.2, -0.15) is 0 Å². The first-order valence-electron chi connectivity index (χ1n) is 18.1. The van der Waals surface area contributed by atoms with Crippen molar-refractivity contribution in [3.05, 3.63) is 62.2 Å². The van der Waals surface area contributed by atoms with Crippen LogP contribution >= 0.6 is 23.5 Å². The van der Waals surface area contributed by atoms with Crippen LogP contribution in [0, 0.1) is 39.7 Å². The van der Waals surface area contributed by atoms with Gasteiger partial charge in [0.25, 0.3) is 5.69 Å². The van der Waals surface area contributed by atoms with E-state index >= 15 is 0 Å². The van der Waals surface area contributed by atoms with E-state index in [2.05, 4.69) is 31.4 Å². The third-order valence-corrected chi connectivity index (χ3v) is 14.8. The second-order valence-electron chi connectivity index (χ2n) is 14.8. The van der Waals surface area contributed by atoms with Crippen LogP contribution in [-0.2, 0) is 14.3 Å². The predicted molar refractivity (Wildman–Crippen MR) is 193 cm³/mol. The Morgan fingerprint density at radius 2 is 1.39 bits per heavy atom. The Balaban J connectivity index is 1.03. The van der Waals surface area contributed by atoms with Crippen LogP contribution in [0.2, 0.25) is 0 Å². The van der Waals surface area contributed by atoms with Crippen molar-refractivity contribution in [1.82, 2.24) is 20.4 Å². The number of nitrogens with zero attached hydrogens (tertiary/aromatic N) is 3. The summed E-state index contributed by atoms with van der Waals surface area (Å²) >= 11 is 3.47. The molecular formula is C36H47N5O8S2. The number of carbonyl (C=O) groups is 3. The van der Waals surface area contributed by atoms with E-state index in [9.17, 15) is 34.7 Å². The minimum Gasteiger partial charge on any atom is -0.432 e. The number of hydrogen-bond donors (Lipinski definition) is 4. The van der Waals surface area contributed by atoms with Crippen LogP contribution in [0.1, 0.15) is 63.7 Å². The summed E-state index contributed by atoms with van der Waals surface area (Å²) in [5.41, 5.74) is -0.121. The number of fused-ring (bicyclic) bond motifs is 2. The average molecular weight is 742 g/mol. The average Bonchev–Trinajstić information content (AvgIpc) is 3.89. The van der Waals surface area contributed by atoms with Crippen LogP contribution in [0.15, 0.2) is 46.5 Å². The number of benzene rings is 1. The normalized spacial score (nSPS) is 35.7. The highest BCUT2D eigenvalue weighted by Crippen LogP contribution is 2.50. The van der Waals surface area contributed by atoms with Crippen molar-refractivity contribution < 1.29 is 34.3 Å². The molecule has 0 radical (unpaired) electrons. The van der Waals surface area contributed by atoms with Gasteiger partial charge in [-0.1, -0.05) is 27.7 Å². The molecule has 276 valence electrons. The van der Waals surface area contributed by atoms with Gasteiger partial charge in [-0.3, -0.25) is 19.7 Å². The van der Waals surface area contributed by atoms with Gasteiger partial charge in [0, 0.05) is 81.9 Å². The standard InChI is InChI=1S/C36H47N5O8S2/c1-5-23-30-17(3)27(15-39(30)33(23)43)50-21-11-25(37-13-21)29(36(46)49-35(45)19-7-9-20(10-8-19)41(47)48)32(42)26-12-22(14-38-26)51-28-16-40-31(18(28)4)24(6-2)34(40)44/h7-10,15-18,21-26,29-32,36-38,42,46H,5-6,11-14H2,1-4H3/t17-,18-,21-,22-,23+,24+,25-,26-,29?,30+,31+,32?,36?/m0/s1. The molecule has 0 saturated carbocycles. The molecule has 4 N–H and O–H groups in total. The van der Waals surface area contributed by atoms with E-state index in [1.165, 1.54) is 29.2 Å². The second-order valence-corrected chi connectivity index (χ2v) is 17.5. The number of amides is 2. The molecule has 4 fully saturated rings. The first-order valence-corrected chi connectivity index (χ1v) is 19.9. The van der Waals surface area contributed by atoms with E-state index in [0.29, 0.717) is 25.9 Å². The van der Waals surface area contributed by atoms with Crippen molar-refractivity contribution in [3.63, 3.8) is 0 Å². The lowest BCUT2D eigenvalue weighted by Gasteiger charge is -2.43. The molecule has 7 rings (SSSR count). The highest BCUT2D eigenvalue weighted by atomic mass is 32.2. The molecule has 13 nitrogen and oxygen atoms in total. The zero-order valence-electron chi connectivity index (χ0n) is 29.2. The van der Waals surface area contributed by atoms with Crippen molar-refractivity contribution in [3.8, 4) is 0 Å². The molecule has 6 heterocycles. The number of aliphatic hydroxyl groups excluding tert-OH is 2. The molecule has 6 aliphatic heterocycles. The quantitative estimate of drug-likeness (QED) is 0.0764. The second kappa shape index (κ2) is 14.5. The van der Waals surface area contributed by atoms with Gasteiger partial charge in [0.15, 0.2) is 0 Å². The van der Waals surface area contributed by atoms with Crippen LogP contribution in [0.3, 0.4) is 0 Å². The highest BCUT2D eigenvalue weighted by Gasteiger charge is 2.54. The molecule has 1 aromatic carbocycles. The molecule has 0 aliphatic carbocycles. The summed E-state index contributed by atoms with van der Waals surface area (Å²) in [6, 6.07) is 4.62. The van der Waals surface area contributed by atoms with Gasteiger partial charge >= 0.3 is 5.97 Å². The maximum absolute atomic E-state index is 13.1. The molecular weight excluding hydrogens is 695 g/mol. The van der Waals surface area contributed by atoms with Crippen molar-refractivity contribution in [1.29, 1.82) is 0 Å². The van der Waals surface area contributed by atoms with E-state index in [0.717, 1.165) is 17.7 Å². The van der Waals surface area contributed by atoms with Crippen molar-refractivity contribution in [2.45, 2.75) is 100 Å². The third kappa shape index (κ3) is 6.52. The zero-order valence-corrected chi connectivity index (χ0v) is 30.8. The van der Waals surface area contributed by atoms with Crippen LogP contribution < -0.4 is 10.6 Å². The minimum atomic E-state index is -1.66. The first kappa shape index (κ1) is 36.4. The smallest absolute Gasteiger partial charge is 0.340 e. The third-order valence-electron chi connectivity index (χ3n) is 11.9. The summed E-state index contributed by atoms with van der Waals surface area (Å²) < 4.78 is 5.56. The summed E-state index contributed by atoms with van der Waals surface area (Å²) in [4.78, 5) is 54.8. The number of nitro benzene ring substituents is 1. The summed E-state index contributed by atoms with van der Waals surface area (Å²) in [5.74, 6) is -0.749. The predicted octanol–water partition coefficient (Wildman–Crippen LogP) is 3.43. The maximum Gasteiger partial charge on any atom is 0.340 e. The van der Waals surface area contributed by atoms with Gasteiger partial charge < -0.3 is 35.4 Å². The number of nitro groups is 1. The Labute approximate surface area is 306 Å². The van der Waals surface area contributed by atoms with Crippen LogP contribution in [0.25, 0.3) is 0 Å². The summed E-state index contributed by atoms with van der Waals surface area (Å²) in [7, 11) is 0. The van der Waals surface area contributed by atoms with Crippen molar-refractivity contribution >= 4 is 47.0 Å². The Kier molecular flexibility index (Phi) is 10.3. The van der Waals surface area contributed by atoms with Crippen LogP contribution in [0.5, 0.6) is 0 Å². The topological polar surface area (TPSA) is 175 Å². The van der Waals surface area contributed by atoms with Gasteiger partial charge in [0.1, 0.15) is 0 Å². The van der Waals surface area contributed by atoms with E-state index in [4.69, 9.17) is 4.74 Å². The maximum atomic E-state index is 13.1. The summed E-state index contributed by atoms with van der Waals surface area (Å²) in [6.07, 6.45) is 4.10. The number of non-ortho nitro benzene ring substituents is 1. The number of rotatable bonds is 13. The van der Waals surface area contributed by atoms with Gasteiger partial charge in [0.2, 0.25) is 18.1 Å².